The van der Waals surface area contributed by atoms with Crippen LogP contribution in [0, 0.1) is 9.49 Å². The molecule has 0 amide bonds. The topological polar surface area (TPSA) is 77.8 Å². The van der Waals surface area contributed by atoms with Crippen LogP contribution in [0.5, 0.6) is 5.75 Å². The van der Waals surface area contributed by atoms with Gasteiger partial charge in [-0.05, 0) is 55.3 Å². The molecule has 27 heavy (non-hydrogen) atoms. The van der Waals surface area contributed by atoms with Gasteiger partial charge in [0.25, 0.3) is 0 Å². The van der Waals surface area contributed by atoms with Gasteiger partial charge in [-0.25, -0.2) is 4.98 Å². The van der Waals surface area contributed by atoms with E-state index in [1.165, 1.54) is 0 Å². The summed E-state index contributed by atoms with van der Waals surface area (Å²) in [4.78, 5) is 3.59. The lowest BCUT2D eigenvalue weighted by Gasteiger charge is -2.21. The SMILES string of the molecule is CC(C)/C(COc1c(I)cc(C(O)C(F)(F)F)nc1Cl)=N/[S+]([O-])C(C)(C)C. The molecule has 0 aliphatic heterocycles. The average molecular weight is 541 g/mol. The second-order valence-electron chi connectivity index (χ2n) is 6.98. The standard InChI is InChI=1S/C16H21ClF3IN2O3S/c1-8(2)11(23-27(25)15(3,4)5)7-26-12-9(21)6-10(22-14(12)17)13(24)16(18,19)20/h6,8,13,24H,7H2,1-5H3/b23-11+. The van der Waals surface area contributed by atoms with Crippen LogP contribution in [0.3, 0.4) is 0 Å². The van der Waals surface area contributed by atoms with Gasteiger partial charge in [-0.2, -0.15) is 13.2 Å². The molecule has 11 heteroatoms. The van der Waals surface area contributed by atoms with Crippen LogP contribution in [0.4, 0.5) is 13.2 Å². The highest BCUT2D eigenvalue weighted by atomic mass is 127. The second kappa shape index (κ2) is 9.47. The lowest BCUT2D eigenvalue weighted by atomic mass is 10.1. The number of ether oxygens (including phenoxy) is 1. The van der Waals surface area contributed by atoms with E-state index >= 15 is 0 Å². The summed E-state index contributed by atoms with van der Waals surface area (Å²) >= 11 is 6.22. The highest BCUT2D eigenvalue weighted by Crippen LogP contribution is 2.36. The summed E-state index contributed by atoms with van der Waals surface area (Å²) in [6, 6.07) is 1.05. The van der Waals surface area contributed by atoms with E-state index in [0.29, 0.717) is 5.71 Å². The molecule has 0 radical (unpaired) electrons. The maximum absolute atomic E-state index is 12.6. The molecular formula is C16H21ClF3IN2O3S. The summed E-state index contributed by atoms with van der Waals surface area (Å²) in [5, 5.41) is 9.01. The third-order valence-corrected chi connectivity index (χ3v) is 5.76. The van der Waals surface area contributed by atoms with Crippen molar-refractivity contribution in [3.8, 4) is 5.75 Å². The molecule has 1 N–H and O–H groups in total. The normalized spacial score (nSPS) is 15.8. The minimum atomic E-state index is -4.85. The summed E-state index contributed by atoms with van der Waals surface area (Å²) in [5.41, 5.74) is -0.0923. The number of aliphatic hydroxyl groups excluding tert-OH is 1. The molecule has 0 aliphatic rings. The van der Waals surface area contributed by atoms with E-state index in [0.717, 1.165) is 6.07 Å². The van der Waals surface area contributed by atoms with Gasteiger partial charge in [0.1, 0.15) is 28.4 Å². The van der Waals surface area contributed by atoms with E-state index in [2.05, 4.69) is 9.38 Å². The van der Waals surface area contributed by atoms with Gasteiger partial charge < -0.3 is 14.4 Å². The molecule has 0 aromatic carbocycles. The highest BCUT2D eigenvalue weighted by Gasteiger charge is 2.41. The highest BCUT2D eigenvalue weighted by molar-refractivity contribution is 14.1. The zero-order valence-corrected chi connectivity index (χ0v) is 19.1. The fraction of sp³-hybridized carbons (Fsp3) is 0.625. The maximum atomic E-state index is 12.6. The van der Waals surface area contributed by atoms with Gasteiger partial charge in [-0.15, -0.1) is 0 Å². The lowest BCUT2D eigenvalue weighted by molar-refractivity contribution is -0.208. The van der Waals surface area contributed by atoms with Crippen molar-refractivity contribution < 1.29 is 27.6 Å². The third kappa shape index (κ3) is 7.22. The Labute approximate surface area is 178 Å². The number of nitrogens with zero attached hydrogens (tertiary/aromatic N) is 2. The number of pyridine rings is 1. The molecule has 5 nitrogen and oxygen atoms in total. The van der Waals surface area contributed by atoms with E-state index in [9.17, 15) is 22.8 Å². The van der Waals surface area contributed by atoms with Gasteiger partial charge in [0.2, 0.25) is 0 Å². The molecule has 1 heterocycles. The van der Waals surface area contributed by atoms with Crippen LogP contribution >= 0.6 is 34.2 Å². The molecule has 0 saturated heterocycles. The van der Waals surface area contributed by atoms with Gasteiger partial charge in [0, 0.05) is 0 Å². The largest absolute Gasteiger partial charge is 0.591 e. The van der Waals surface area contributed by atoms with Crippen molar-refractivity contribution in [2.45, 2.75) is 51.6 Å². The zero-order valence-electron chi connectivity index (χ0n) is 15.4. The summed E-state index contributed by atoms with van der Waals surface area (Å²) < 4.78 is 59.7. The number of alkyl halides is 3. The quantitative estimate of drug-likeness (QED) is 0.242. The minimum absolute atomic E-state index is 0.0436. The van der Waals surface area contributed by atoms with E-state index in [-0.39, 0.29) is 27.0 Å². The van der Waals surface area contributed by atoms with Crippen molar-refractivity contribution in [1.29, 1.82) is 0 Å². The molecule has 2 atom stereocenters. The van der Waals surface area contributed by atoms with Crippen molar-refractivity contribution in [2.75, 3.05) is 6.61 Å². The first-order valence-electron chi connectivity index (χ1n) is 7.87. The fourth-order valence-corrected chi connectivity index (χ4v) is 3.51. The van der Waals surface area contributed by atoms with Crippen LogP contribution in [-0.4, -0.2) is 37.9 Å². The van der Waals surface area contributed by atoms with Gasteiger partial charge in [0.05, 0.1) is 9.26 Å². The summed E-state index contributed by atoms with van der Waals surface area (Å²) in [5.74, 6) is 0.0114. The second-order valence-corrected chi connectivity index (χ2v) is 10.4. The van der Waals surface area contributed by atoms with Crippen LogP contribution in [0.25, 0.3) is 0 Å². The number of hydrogen-bond donors (Lipinski definition) is 1. The Hall–Kier alpha value is -0.300. The third-order valence-electron chi connectivity index (χ3n) is 3.25. The molecule has 1 aromatic rings. The van der Waals surface area contributed by atoms with E-state index < -0.39 is 34.1 Å². The molecule has 0 bridgehead atoms. The van der Waals surface area contributed by atoms with Gasteiger partial charge >= 0.3 is 6.18 Å². The van der Waals surface area contributed by atoms with E-state index in [1.54, 1.807) is 43.4 Å². The van der Waals surface area contributed by atoms with E-state index in [4.69, 9.17) is 16.3 Å². The van der Waals surface area contributed by atoms with Crippen LogP contribution < -0.4 is 4.74 Å². The molecule has 0 spiro atoms. The number of aliphatic hydroxyl groups is 1. The Bertz CT molecular complexity index is 673. The van der Waals surface area contributed by atoms with Crippen LogP contribution in [-0.2, 0) is 11.4 Å². The lowest BCUT2D eigenvalue weighted by Crippen LogP contribution is -2.29. The molecule has 0 saturated carbocycles. The van der Waals surface area contributed by atoms with Crippen molar-refractivity contribution in [3.63, 3.8) is 0 Å². The Balaban J connectivity index is 3.06. The summed E-state index contributed by atoms with van der Waals surface area (Å²) in [6.45, 7) is 9.04. The van der Waals surface area contributed by atoms with E-state index in [1.807, 2.05) is 13.8 Å². The number of hydrogen-bond acceptors (Lipinski definition) is 5. The molecule has 154 valence electrons. The molecular weight excluding hydrogens is 520 g/mol. The number of halogens is 5. The van der Waals surface area contributed by atoms with Crippen molar-refractivity contribution in [3.05, 3.63) is 20.5 Å². The predicted molar refractivity (Wildman–Crippen MR) is 109 cm³/mol. The van der Waals surface area contributed by atoms with Crippen molar-refractivity contribution in [1.82, 2.24) is 4.98 Å². The number of rotatable bonds is 6. The first-order chi connectivity index (χ1) is 12.1. The monoisotopic (exact) mass is 540 g/mol. The van der Waals surface area contributed by atoms with Gasteiger partial charge in [0.15, 0.2) is 17.0 Å². The van der Waals surface area contributed by atoms with Crippen LogP contribution in [0.15, 0.2) is 10.5 Å². The summed E-state index contributed by atoms with van der Waals surface area (Å²) in [6.07, 6.45) is -7.59. The fourth-order valence-electron chi connectivity index (χ4n) is 1.61. The Morgan fingerprint density at radius 3 is 2.37 bits per heavy atom. The Kier molecular flexibility index (Phi) is 8.67. The molecule has 1 rings (SSSR count). The first kappa shape index (κ1) is 24.7. The molecule has 0 aliphatic carbocycles. The average Bonchev–Trinajstić information content (AvgIpc) is 2.49. The van der Waals surface area contributed by atoms with Crippen molar-refractivity contribution in [2.24, 2.45) is 10.3 Å². The predicted octanol–water partition coefficient (Wildman–Crippen LogP) is 4.87. The smallest absolute Gasteiger partial charge is 0.420 e. The van der Waals surface area contributed by atoms with Crippen LogP contribution in [0.2, 0.25) is 5.15 Å². The minimum Gasteiger partial charge on any atom is -0.591 e. The van der Waals surface area contributed by atoms with Crippen LogP contribution in [0.1, 0.15) is 46.4 Å². The van der Waals surface area contributed by atoms with Gasteiger partial charge in [-0.1, -0.05) is 29.8 Å². The Morgan fingerprint density at radius 1 is 1.41 bits per heavy atom. The summed E-state index contributed by atoms with van der Waals surface area (Å²) in [7, 11) is 0. The maximum Gasteiger partial charge on any atom is 0.420 e. The number of aromatic nitrogens is 1. The first-order valence-corrected chi connectivity index (χ1v) is 10.4. The molecule has 2 unspecified atom stereocenters. The van der Waals surface area contributed by atoms with Crippen molar-refractivity contribution >= 4 is 51.3 Å². The Morgan fingerprint density at radius 2 is 1.96 bits per heavy atom. The molecule has 0 fully saturated rings. The zero-order chi connectivity index (χ0) is 21.2. The van der Waals surface area contributed by atoms with Gasteiger partial charge in [-0.3, -0.25) is 0 Å². The molecule has 1 aromatic heterocycles.